The molecule has 0 aliphatic heterocycles. The summed E-state index contributed by atoms with van der Waals surface area (Å²) in [6.07, 6.45) is 2.27. The molecule has 6 nitrogen and oxygen atoms in total. The molecule has 0 atom stereocenters. The van der Waals surface area contributed by atoms with E-state index >= 15 is 0 Å². The molecule has 0 radical (unpaired) electrons. The summed E-state index contributed by atoms with van der Waals surface area (Å²) in [5, 5.41) is 7.30. The maximum Gasteiger partial charge on any atom is 0.329 e. The van der Waals surface area contributed by atoms with Crippen molar-refractivity contribution in [1.29, 1.82) is 0 Å². The molecular formula is C19H19Cl2N3O3. The largest absolute Gasteiger partial charge is 0.492 e. The molecule has 142 valence electrons. The van der Waals surface area contributed by atoms with Crippen LogP contribution in [-0.4, -0.2) is 24.6 Å². The van der Waals surface area contributed by atoms with Crippen molar-refractivity contribution in [2.24, 2.45) is 5.10 Å². The molecule has 0 bridgehead atoms. The molecule has 0 spiro atoms. The monoisotopic (exact) mass is 407 g/mol. The van der Waals surface area contributed by atoms with E-state index in [1.807, 2.05) is 6.92 Å². The molecule has 0 saturated carbocycles. The fraction of sp³-hybridized carbons (Fsp3) is 0.211. The number of hydrogen-bond donors (Lipinski definition) is 2. The number of rotatable bonds is 7. The molecule has 0 fully saturated rings. The summed E-state index contributed by atoms with van der Waals surface area (Å²) in [6.45, 7) is 2.79. The highest BCUT2D eigenvalue weighted by atomic mass is 35.5. The predicted octanol–water partition coefficient (Wildman–Crippen LogP) is 3.55. The number of hydrogen-bond acceptors (Lipinski definition) is 4. The van der Waals surface area contributed by atoms with Crippen LogP contribution >= 0.6 is 23.2 Å². The first-order valence-corrected chi connectivity index (χ1v) is 9.03. The Morgan fingerprint density at radius 2 is 1.85 bits per heavy atom. The molecule has 2 N–H and O–H groups in total. The lowest BCUT2D eigenvalue weighted by Crippen LogP contribution is -2.37. The second-order valence-electron chi connectivity index (χ2n) is 5.55. The zero-order chi connectivity index (χ0) is 19.6. The maximum atomic E-state index is 11.8. The van der Waals surface area contributed by atoms with Gasteiger partial charge in [0.2, 0.25) is 0 Å². The molecule has 0 unspecified atom stereocenters. The van der Waals surface area contributed by atoms with Crippen LogP contribution in [0.1, 0.15) is 24.5 Å². The standard InChI is InChI=1S/C19H19Cl2N3O3/c1-2-9-27-17-8-5-14(10-16(17)21)12-23-24-19(26)18(25)22-11-13-3-6-15(20)7-4-13/h3-8,10,12H,2,9,11H2,1H3,(H,22,25)(H,24,26)/b23-12-. The normalized spacial score (nSPS) is 10.6. The topological polar surface area (TPSA) is 79.8 Å². The van der Waals surface area contributed by atoms with Crippen molar-refractivity contribution in [1.82, 2.24) is 10.7 Å². The van der Waals surface area contributed by atoms with Gasteiger partial charge in [0.1, 0.15) is 5.75 Å². The van der Waals surface area contributed by atoms with Gasteiger partial charge in [0.25, 0.3) is 0 Å². The van der Waals surface area contributed by atoms with Gasteiger partial charge >= 0.3 is 11.8 Å². The number of halogens is 2. The molecule has 2 aromatic rings. The van der Waals surface area contributed by atoms with Crippen molar-refractivity contribution in [3.8, 4) is 5.75 Å². The van der Waals surface area contributed by atoms with Crippen LogP contribution in [-0.2, 0) is 16.1 Å². The van der Waals surface area contributed by atoms with E-state index in [-0.39, 0.29) is 6.54 Å². The Morgan fingerprint density at radius 1 is 1.11 bits per heavy atom. The van der Waals surface area contributed by atoms with Gasteiger partial charge in [0, 0.05) is 11.6 Å². The van der Waals surface area contributed by atoms with Crippen molar-refractivity contribution >= 4 is 41.2 Å². The lowest BCUT2D eigenvalue weighted by atomic mass is 10.2. The van der Waals surface area contributed by atoms with Crippen LogP contribution in [0, 0.1) is 0 Å². The van der Waals surface area contributed by atoms with E-state index < -0.39 is 11.8 Å². The summed E-state index contributed by atoms with van der Waals surface area (Å²) >= 11 is 11.9. The third-order valence-electron chi connectivity index (χ3n) is 3.37. The first-order chi connectivity index (χ1) is 13.0. The van der Waals surface area contributed by atoms with Gasteiger partial charge in [0.15, 0.2) is 0 Å². The van der Waals surface area contributed by atoms with Crippen molar-refractivity contribution < 1.29 is 14.3 Å². The Balaban J connectivity index is 1.82. The van der Waals surface area contributed by atoms with Crippen molar-refractivity contribution in [3.05, 3.63) is 63.6 Å². The molecule has 0 aliphatic rings. The number of carbonyl (C=O) groups excluding carboxylic acids is 2. The number of benzene rings is 2. The Bertz CT molecular complexity index is 823. The average molecular weight is 408 g/mol. The average Bonchev–Trinajstić information content (AvgIpc) is 2.66. The summed E-state index contributed by atoms with van der Waals surface area (Å²) < 4.78 is 5.48. The highest BCUT2D eigenvalue weighted by molar-refractivity contribution is 6.35. The summed E-state index contributed by atoms with van der Waals surface area (Å²) in [5.74, 6) is -1.07. The van der Waals surface area contributed by atoms with Crippen LogP contribution in [0.5, 0.6) is 5.75 Å². The molecule has 2 rings (SSSR count). The van der Waals surface area contributed by atoms with Crippen molar-refractivity contribution in [3.63, 3.8) is 0 Å². The van der Waals surface area contributed by atoms with Gasteiger partial charge < -0.3 is 10.1 Å². The highest BCUT2D eigenvalue weighted by Crippen LogP contribution is 2.25. The SMILES string of the molecule is CCCOc1ccc(/C=N\NC(=O)C(=O)NCc2ccc(Cl)cc2)cc1Cl. The lowest BCUT2D eigenvalue weighted by molar-refractivity contribution is -0.139. The number of amides is 2. The molecule has 2 amide bonds. The van der Waals surface area contributed by atoms with Crippen LogP contribution in [0.2, 0.25) is 10.0 Å². The Morgan fingerprint density at radius 3 is 2.52 bits per heavy atom. The van der Waals surface area contributed by atoms with Gasteiger partial charge in [-0.2, -0.15) is 5.10 Å². The van der Waals surface area contributed by atoms with E-state index in [9.17, 15) is 9.59 Å². The van der Waals surface area contributed by atoms with E-state index in [0.717, 1.165) is 12.0 Å². The van der Waals surface area contributed by atoms with Gasteiger partial charge in [0.05, 0.1) is 17.8 Å². The molecule has 0 aliphatic carbocycles. The van der Waals surface area contributed by atoms with Gasteiger partial charge in [-0.3, -0.25) is 9.59 Å². The summed E-state index contributed by atoms with van der Waals surface area (Å²) in [7, 11) is 0. The Kier molecular flexibility index (Phi) is 8.10. The second-order valence-corrected chi connectivity index (χ2v) is 6.39. The molecular weight excluding hydrogens is 389 g/mol. The zero-order valence-electron chi connectivity index (χ0n) is 14.7. The van der Waals surface area contributed by atoms with Crippen LogP contribution in [0.15, 0.2) is 47.6 Å². The maximum absolute atomic E-state index is 11.8. The van der Waals surface area contributed by atoms with Gasteiger partial charge in [-0.05, 0) is 47.9 Å². The van der Waals surface area contributed by atoms with Crippen molar-refractivity contribution in [2.75, 3.05) is 6.61 Å². The van der Waals surface area contributed by atoms with E-state index in [1.54, 1.807) is 42.5 Å². The van der Waals surface area contributed by atoms with Crippen molar-refractivity contribution in [2.45, 2.75) is 19.9 Å². The molecule has 8 heteroatoms. The lowest BCUT2D eigenvalue weighted by Gasteiger charge is -2.07. The van der Waals surface area contributed by atoms with Crippen LogP contribution < -0.4 is 15.5 Å². The highest BCUT2D eigenvalue weighted by Gasteiger charge is 2.12. The third kappa shape index (κ3) is 6.92. The quantitative estimate of drug-likeness (QED) is 0.418. The predicted molar refractivity (Wildman–Crippen MR) is 106 cm³/mol. The van der Waals surface area contributed by atoms with Crippen LogP contribution in [0.25, 0.3) is 0 Å². The van der Waals surface area contributed by atoms with Crippen LogP contribution in [0.4, 0.5) is 0 Å². The molecule has 27 heavy (non-hydrogen) atoms. The van der Waals surface area contributed by atoms with E-state index in [2.05, 4.69) is 15.8 Å². The summed E-state index contributed by atoms with van der Waals surface area (Å²) in [5.41, 5.74) is 3.65. The number of nitrogens with one attached hydrogen (secondary N) is 2. The minimum atomic E-state index is -0.866. The first-order valence-electron chi connectivity index (χ1n) is 8.27. The van der Waals surface area contributed by atoms with E-state index in [4.69, 9.17) is 27.9 Å². The fourth-order valence-electron chi connectivity index (χ4n) is 2.01. The minimum Gasteiger partial charge on any atom is -0.492 e. The van der Waals surface area contributed by atoms with Gasteiger partial charge in [-0.15, -0.1) is 0 Å². The zero-order valence-corrected chi connectivity index (χ0v) is 16.2. The van der Waals surface area contributed by atoms with E-state index in [1.165, 1.54) is 6.21 Å². The van der Waals surface area contributed by atoms with Gasteiger partial charge in [-0.25, -0.2) is 5.43 Å². The number of nitrogens with zero attached hydrogens (tertiary/aromatic N) is 1. The molecule has 0 saturated heterocycles. The minimum absolute atomic E-state index is 0.210. The molecule has 2 aromatic carbocycles. The number of hydrazone groups is 1. The number of ether oxygens (including phenoxy) is 1. The summed E-state index contributed by atoms with van der Waals surface area (Å²) in [4.78, 5) is 23.5. The fourth-order valence-corrected chi connectivity index (χ4v) is 2.38. The first kappa shape index (κ1) is 20.7. The van der Waals surface area contributed by atoms with E-state index in [0.29, 0.717) is 28.0 Å². The molecule has 0 heterocycles. The number of carbonyl (C=O) groups is 2. The summed E-state index contributed by atoms with van der Waals surface area (Å²) in [6, 6.07) is 12.1. The Hall–Kier alpha value is -2.57. The van der Waals surface area contributed by atoms with Crippen LogP contribution in [0.3, 0.4) is 0 Å². The smallest absolute Gasteiger partial charge is 0.329 e. The van der Waals surface area contributed by atoms with Gasteiger partial charge in [-0.1, -0.05) is 42.3 Å². The second kappa shape index (κ2) is 10.5. The Labute approximate surface area is 167 Å². The third-order valence-corrected chi connectivity index (χ3v) is 3.92. The molecule has 0 aromatic heterocycles.